The maximum Gasteiger partial charge on any atom is 0.239 e. The van der Waals surface area contributed by atoms with Crippen molar-refractivity contribution in [2.75, 3.05) is 41.0 Å². The van der Waals surface area contributed by atoms with Crippen molar-refractivity contribution in [3.05, 3.63) is 23.8 Å². The van der Waals surface area contributed by atoms with Crippen molar-refractivity contribution < 1.29 is 19.0 Å². The fourth-order valence-corrected chi connectivity index (χ4v) is 1.74. The van der Waals surface area contributed by atoms with E-state index in [1.807, 2.05) is 12.1 Å². The summed E-state index contributed by atoms with van der Waals surface area (Å²) in [6.07, 6.45) is 0. The molecule has 8 nitrogen and oxygen atoms in total. The average molecular weight is 452 g/mol. The van der Waals surface area contributed by atoms with E-state index in [2.05, 4.69) is 15.6 Å². The van der Waals surface area contributed by atoms with E-state index in [1.54, 1.807) is 27.4 Å². The molecule has 0 aliphatic carbocycles. The first kappa shape index (κ1) is 22.2. The van der Waals surface area contributed by atoms with Crippen molar-refractivity contribution in [2.24, 2.45) is 10.7 Å². The lowest BCUT2D eigenvalue weighted by molar-refractivity contribution is -0.120. The molecule has 0 fully saturated rings. The van der Waals surface area contributed by atoms with Crippen molar-refractivity contribution in [3.8, 4) is 11.5 Å². The Morgan fingerprint density at radius 3 is 2.50 bits per heavy atom. The molecular weight excluding hydrogens is 427 g/mol. The zero-order chi connectivity index (χ0) is 17.1. The third kappa shape index (κ3) is 8.20. The SMILES string of the molecule is COCCNC(=O)CNC(N)=NCc1ccc(OC)c(OC)c1.I. The molecule has 1 rings (SSSR count). The molecule has 0 aromatic heterocycles. The molecule has 136 valence electrons. The minimum absolute atomic E-state index is 0. The van der Waals surface area contributed by atoms with Crippen LogP contribution < -0.4 is 25.8 Å². The van der Waals surface area contributed by atoms with Crippen LogP contribution >= 0.6 is 24.0 Å². The number of nitrogens with zero attached hydrogens (tertiary/aromatic N) is 1. The lowest BCUT2D eigenvalue weighted by atomic mass is 10.2. The van der Waals surface area contributed by atoms with Gasteiger partial charge in [-0.2, -0.15) is 0 Å². The van der Waals surface area contributed by atoms with Crippen LogP contribution in [0.2, 0.25) is 0 Å². The molecule has 0 saturated carbocycles. The van der Waals surface area contributed by atoms with Gasteiger partial charge in [0.25, 0.3) is 0 Å². The quantitative estimate of drug-likeness (QED) is 0.218. The Bertz CT molecular complexity index is 540. The van der Waals surface area contributed by atoms with E-state index in [4.69, 9.17) is 19.9 Å². The number of carbonyl (C=O) groups excluding carboxylic acids is 1. The maximum atomic E-state index is 11.5. The number of aliphatic imine (C=N–C) groups is 1. The number of methoxy groups -OCH3 is 3. The number of halogens is 1. The smallest absolute Gasteiger partial charge is 0.239 e. The minimum Gasteiger partial charge on any atom is -0.493 e. The van der Waals surface area contributed by atoms with Crippen LogP contribution in [0.1, 0.15) is 5.56 Å². The fourth-order valence-electron chi connectivity index (χ4n) is 1.74. The first-order valence-corrected chi connectivity index (χ1v) is 7.11. The van der Waals surface area contributed by atoms with Gasteiger partial charge >= 0.3 is 0 Å². The number of carbonyl (C=O) groups is 1. The van der Waals surface area contributed by atoms with Gasteiger partial charge in [0.1, 0.15) is 0 Å². The second-order valence-electron chi connectivity index (χ2n) is 4.59. The van der Waals surface area contributed by atoms with Crippen molar-refractivity contribution in [1.82, 2.24) is 10.6 Å². The first-order valence-electron chi connectivity index (χ1n) is 7.11. The van der Waals surface area contributed by atoms with Crippen LogP contribution in [0.15, 0.2) is 23.2 Å². The largest absolute Gasteiger partial charge is 0.493 e. The van der Waals surface area contributed by atoms with Crippen LogP contribution in [0.4, 0.5) is 0 Å². The van der Waals surface area contributed by atoms with Gasteiger partial charge in [0.2, 0.25) is 5.91 Å². The number of nitrogens with one attached hydrogen (secondary N) is 2. The van der Waals surface area contributed by atoms with Crippen molar-refractivity contribution >= 4 is 35.8 Å². The molecule has 0 heterocycles. The molecule has 0 radical (unpaired) electrons. The zero-order valence-electron chi connectivity index (χ0n) is 14.1. The van der Waals surface area contributed by atoms with Crippen LogP contribution in [0.25, 0.3) is 0 Å². The van der Waals surface area contributed by atoms with Gasteiger partial charge in [0.05, 0.1) is 33.9 Å². The molecular formula is C15H25IN4O4. The summed E-state index contributed by atoms with van der Waals surface area (Å²) in [6, 6.07) is 5.50. The second-order valence-corrected chi connectivity index (χ2v) is 4.59. The van der Waals surface area contributed by atoms with Crippen molar-refractivity contribution in [1.29, 1.82) is 0 Å². The van der Waals surface area contributed by atoms with Crippen molar-refractivity contribution in [2.45, 2.75) is 6.54 Å². The van der Waals surface area contributed by atoms with Crippen LogP contribution in [-0.4, -0.2) is 52.9 Å². The van der Waals surface area contributed by atoms with Gasteiger partial charge in [-0.3, -0.25) is 4.79 Å². The molecule has 0 saturated heterocycles. The van der Waals surface area contributed by atoms with Crippen LogP contribution in [0.3, 0.4) is 0 Å². The monoisotopic (exact) mass is 452 g/mol. The van der Waals surface area contributed by atoms with Gasteiger partial charge in [-0.1, -0.05) is 6.07 Å². The molecule has 0 atom stereocenters. The molecule has 0 spiro atoms. The highest BCUT2D eigenvalue weighted by atomic mass is 127. The van der Waals surface area contributed by atoms with Gasteiger partial charge in [-0.05, 0) is 17.7 Å². The Morgan fingerprint density at radius 1 is 1.17 bits per heavy atom. The number of ether oxygens (including phenoxy) is 3. The van der Waals surface area contributed by atoms with Gasteiger partial charge in [0.15, 0.2) is 17.5 Å². The van der Waals surface area contributed by atoms with Crippen molar-refractivity contribution in [3.63, 3.8) is 0 Å². The molecule has 1 aromatic rings. The maximum absolute atomic E-state index is 11.5. The van der Waals surface area contributed by atoms with Gasteiger partial charge in [0, 0.05) is 13.7 Å². The van der Waals surface area contributed by atoms with E-state index in [-0.39, 0.29) is 42.4 Å². The highest BCUT2D eigenvalue weighted by molar-refractivity contribution is 14.0. The highest BCUT2D eigenvalue weighted by Gasteiger charge is 2.05. The van der Waals surface area contributed by atoms with Crippen LogP contribution in [0, 0.1) is 0 Å². The number of guanidine groups is 1. The summed E-state index contributed by atoms with van der Waals surface area (Å²) < 4.78 is 15.2. The van der Waals surface area contributed by atoms with E-state index in [0.717, 1.165) is 5.56 Å². The topological polar surface area (TPSA) is 107 Å². The molecule has 0 unspecified atom stereocenters. The predicted molar refractivity (Wildman–Crippen MR) is 103 cm³/mol. The van der Waals surface area contributed by atoms with Gasteiger partial charge < -0.3 is 30.6 Å². The molecule has 0 bridgehead atoms. The number of nitrogens with two attached hydrogens (primary N) is 1. The minimum atomic E-state index is -0.175. The van der Waals surface area contributed by atoms with E-state index < -0.39 is 0 Å². The van der Waals surface area contributed by atoms with Gasteiger partial charge in [-0.25, -0.2) is 4.99 Å². The Kier molecular flexibility index (Phi) is 11.7. The molecule has 4 N–H and O–H groups in total. The lowest BCUT2D eigenvalue weighted by Crippen LogP contribution is -2.41. The third-order valence-corrected chi connectivity index (χ3v) is 2.94. The second kappa shape index (κ2) is 12.6. The Balaban J connectivity index is 0.00000529. The normalized spacial score (nSPS) is 10.5. The van der Waals surface area contributed by atoms with Gasteiger partial charge in [-0.15, -0.1) is 24.0 Å². The summed E-state index contributed by atoms with van der Waals surface area (Å²) in [5.41, 5.74) is 6.64. The standard InChI is InChI=1S/C15H24N4O4.HI/c1-21-7-6-17-14(20)10-19-15(16)18-9-11-4-5-12(22-2)13(8-11)23-3;/h4-5,8H,6-7,9-10H2,1-3H3,(H,17,20)(H3,16,18,19);1H. The zero-order valence-corrected chi connectivity index (χ0v) is 16.5. The Labute approximate surface area is 159 Å². The van der Waals surface area contributed by atoms with E-state index in [0.29, 0.717) is 31.2 Å². The highest BCUT2D eigenvalue weighted by Crippen LogP contribution is 2.27. The molecule has 1 aromatic carbocycles. The number of benzene rings is 1. The molecule has 0 aliphatic heterocycles. The van der Waals surface area contributed by atoms with E-state index in [9.17, 15) is 4.79 Å². The Morgan fingerprint density at radius 2 is 1.88 bits per heavy atom. The molecule has 24 heavy (non-hydrogen) atoms. The summed E-state index contributed by atoms with van der Waals surface area (Å²) in [5.74, 6) is 1.30. The summed E-state index contributed by atoms with van der Waals surface area (Å²) in [5, 5.41) is 5.42. The summed E-state index contributed by atoms with van der Waals surface area (Å²) in [6.45, 7) is 1.35. The van der Waals surface area contributed by atoms with E-state index >= 15 is 0 Å². The number of hydrogen-bond donors (Lipinski definition) is 3. The third-order valence-electron chi connectivity index (χ3n) is 2.94. The number of rotatable bonds is 9. The lowest BCUT2D eigenvalue weighted by Gasteiger charge is -2.09. The van der Waals surface area contributed by atoms with E-state index in [1.165, 1.54) is 0 Å². The summed E-state index contributed by atoms with van der Waals surface area (Å²) >= 11 is 0. The molecule has 9 heteroatoms. The first-order chi connectivity index (χ1) is 11.1. The number of hydrogen-bond acceptors (Lipinski definition) is 5. The average Bonchev–Trinajstić information content (AvgIpc) is 2.58. The van der Waals surface area contributed by atoms with Crippen LogP contribution in [0.5, 0.6) is 11.5 Å². The fraction of sp³-hybridized carbons (Fsp3) is 0.467. The Hall–Kier alpha value is -1.75. The summed E-state index contributed by atoms with van der Waals surface area (Å²) in [7, 11) is 4.72. The molecule has 1 amide bonds. The van der Waals surface area contributed by atoms with Crippen LogP contribution in [-0.2, 0) is 16.1 Å². The summed E-state index contributed by atoms with van der Waals surface area (Å²) in [4.78, 5) is 15.7. The molecule has 0 aliphatic rings. The predicted octanol–water partition coefficient (Wildman–Crippen LogP) is 0.489. The number of amides is 1.